The molecule has 1 aliphatic rings. The van der Waals surface area contributed by atoms with Gasteiger partial charge in [0.1, 0.15) is 0 Å². The van der Waals surface area contributed by atoms with E-state index < -0.39 is 0 Å². The highest BCUT2D eigenvalue weighted by Crippen LogP contribution is 2.21. The molecule has 0 bridgehead atoms. The quantitative estimate of drug-likeness (QED) is 0.849. The maximum Gasteiger partial charge on any atom is 0.0527 e. The summed E-state index contributed by atoms with van der Waals surface area (Å²) in [6, 6.07) is 11.3. The van der Waals surface area contributed by atoms with Crippen molar-refractivity contribution in [3.8, 4) is 0 Å². The molecule has 2 heteroatoms. The Balaban J connectivity index is 1.76. The monoisotopic (exact) mass is 261 g/mol. The van der Waals surface area contributed by atoms with Crippen molar-refractivity contribution in [3.63, 3.8) is 0 Å². The fourth-order valence-electron chi connectivity index (χ4n) is 3.15. The van der Waals surface area contributed by atoms with E-state index in [1.165, 1.54) is 50.8 Å². The Labute approximate surface area is 117 Å². The van der Waals surface area contributed by atoms with Crippen LogP contribution in [0.5, 0.6) is 0 Å². The predicted octanol–water partition coefficient (Wildman–Crippen LogP) is 3.24. The highest BCUT2D eigenvalue weighted by Gasteiger charge is 2.22. The second-order valence-corrected chi connectivity index (χ2v) is 5.86. The van der Waals surface area contributed by atoms with Gasteiger partial charge in [-0.05, 0) is 57.7 Å². The van der Waals surface area contributed by atoms with Gasteiger partial charge >= 0.3 is 0 Å². The molecule has 0 aliphatic carbocycles. The van der Waals surface area contributed by atoms with Crippen LogP contribution in [0.2, 0.25) is 0 Å². The van der Waals surface area contributed by atoms with E-state index in [2.05, 4.69) is 35.2 Å². The van der Waals surface area contributed by atoms with Gasteiger partial charge in [0.15, 0.2) is 0 Å². The van der Waals surface area contributed by atoms with Gasteiger partial charge in [-0.25, -0.2) is 0 Å². The first kappa shape index (κ1) is 14.5. The van der Waals surface area contributed by atoms with E-state index >= 15 is 0 Å². The van der Waals surface area contributed by atoms with Crippen molar-refractivity contribution in [2.75, 3.05) is 13.1 Å². The molecule has 2 nitrogen and oxygen atoms in total. The third-order valence-electron chi connectivity index (χ3n) is 4.12. The fourth-order valence-corrected chi connectivity index (χ4v) is 3.15. The molecule has 1 N–H and O–H groups in total. The summed E-state index contributed by atoms with van der Waals surface area (Å²) >= 11 is 0. The molecule has 1 aromatic rings. The highest BCUT2D eigenvalue weighted by atomic mass is 16.3. The van der Waals surface area contributed by atoms with Crippen LogP contribution in [-0.4, -0.2) is 35.2 Å². The summed E-state index contributed by atoms with van der Waals surface area (Å²) in [5, 5.41) is 9.60. The van der Waals surface area contributed by atoms with E-state index in [0.29, 0.717) is 6.04 Å². The van der Waals surface area contributed by atoms with Crippen LogP contribution in [0.4, 0.5) is 0 Å². The van der Waals surface area contributed by atoms with Crippen LogP contribution < -0.4 is 0 Å². The number of benzene rings is 1. The van der Waals surface area contributed by atoms with Crippen molar-refractivity contribution in [2.45, 2.75) is 57.6 Å². The number of piperidine rings is 1. The third kappa shape index (κ3) is 4.96. The van der Waals surface area contributed by atoms with E-state index in [4.69, 9.17) is 0 Å². The Morgan fingerprint density at radius 1 is 1.26 bits per heavy atom. The van der Waals surface area contributed by atoms with Gasteiger partial charge in [-0.3, -0.25) is 0 Å². The van der Waals surface area contributed by atoms with Gasteiger partial charge in [0, 0.05) is 6.04 Å². The maximum absolute atomic E-state index is 9.60. The first-order chi connectivity index (χ1) is 9.25. The summed E-state index contributed by atoms with van der Waals surface area (Å²) in [4.78, 5) is 2.60. The molecule has 2 rings (SSSR count). The topological polar surface area (TPSA) is 23.5 Å². The second-order valence-electron chi connectivity index (χ2n) is 5.86. The molecule has 0 saturated carbocycles. The number of rotatable bonds is 6. The SMILES string of the molecule is CC(O)CC1CCCCN1CCCc1ccccc1. The molecular formula is C17H27NO. The van der Waals surface area contributed by atoms with Crippen molar-refractivity contribution in [2.24, 2.45) is 0 Å². The van der Waals surface area contributed by atoms with Crippen molar-refractivity contribution >= 4 is 0 Å². The Kier molecular flexibility index (Phi) is 5.87. The lowest BCUT2D eigenvalue weighted by atomic mass is 9.96. The Morgan fingerprint density at radius 3 is 2.79 bits per heavy atom. The molecule has 2 atom stereocenters. The summed E-state index contributed by atoms with van der Waals surface area (Å²) in [6.45, 7) is 4.30. The average molecular weight is 261 g/mol. The lowest BCUT2D eigenvalue weighted by molar-refractivity contribution is 0.0861. The van der Waals surface area contributed by atoms with E-state index in [0.717, 1.165) is 6.42 Å². The Bertz CT molecular complexity index is 350. The largest absolute Gasteiger partial charge is 0.393 e. The van der Waals surface area contributed by atoms with E-state index in [-0.39, 0.29) is 6.10 Å². The minimum atomic E-state index is -0.167. The molecule has 106 valence electrons. The molecule has 0 amide bonds. The molecule has 1 aliphatic heterocycles. The summed E-state index contributed by atoms with van der Waals surface area (Å²) in [6.07, 6.45) is 7.06. The standard InChI is InChI=1S/C17H27NO/c1-15(19)14-17-11-5-6-12-18(17)13-7-10-16-8-3-2-4-9-16/h2-4,8-9,15,17,19H,5-7,10-14H2,1H3. The molecule has 1 aromatic carbocycles. The first-order valence-corrected chi connectivity index (χ1v) is 7.72. The van der Waals surface area contributed by atoms with Crippen LogP contribution >= 0.6 is 0 Å². The van der Waals surface area contributed by atoms with Gasteiger partial charge in [-0.15, -0.1) is 0 Å². The van der Waals surface area contributed by atoms with Crippen molar-refractivity contribution < 1.29 is 5.11 Å². The maximum atomic E-state index is 9.60. The lowest BCUT2D eigenvalue weighted by Gasteiger charge is -2.36. The molecule has 1 heterocycles. The zero-order valence-electron chi connectivity index (χ0n) is 12.1. The van der Waals surface area contributed by atoms with Gasteiger partial charge in [0.25, 0.3) is 0 Å². The van der Waals surface area contributed by atoms with E-state index in [1.54, 1.807) is 0 Å². The van der Waals surface area contributed by atoms with Gasteiger partial charge in [0.2, 0.25) is 0 Å². The number of aryl methyl sites for hydroxylation is 1. The van der Waals surface area contributed by atoms with Crippen LogP contribution in [0.3, 0.4) is 0 Å². The van der Waals surface area contributed by atoms with Crippen LogP contribution in [0, 0.1) is 0 Å². The van der Waals surface area contributed by atoms with Gasteiger partial charge < -0.3 is 10.0 Å². The Hall–Kier alpha value is -0.860. The second kappa shape index (κ2) is 7.66. The smallest absolute Gasteiger partial charge is 0.0527 e. The number of nitrogens with zero attached hydrogens (tertiary/aromatic N) is 1. The van der Waals surface area contributed by atoms with Gasteiger partial charge in [0.05, 0.1) is 6.10 Å². The fraction of sp³-hybridized carbons (Fsp3) is 0.647. The molecule has 1 fully saturated rings. The van der Waals surface area contributed by atoms with Crippen molar-refractivity contribution in [3.05, 3.63) is 35.9 Å². The summed E-state index contributed by atoms with van der Waals surface area (Å²) in [7, 11) is 0. The highest BCUT2D eigenvalue weighted by molar-refractivity contribution is 5.14. The van der Waals surface area contributed by atoms with Gasteiger partial charge in [-0.1, -0.05) is 36.8 Å². The molecule has 1 saturated heterocycles. The number of hydrogen-bond donors (Lipinski definition) is 1. The molecule has 2 unspecified atom stereocenters. The average Bonchev–Trinajstić information content (AvgIpc) is 2.41. The van der Waals surface area contributed by atoms with Crippen LogP contribution in [-0.2, 0) is 6.42 Å². The number of likely N-dealkylation sites (tertiary alicyclic amines) is 1. The molecule has 0 spiro atoms. The Morgan fingerprint density at radius 2 is 2.05 bits per heavy atom. The molecular weight excluding hydrogens is 234 g/mol. The number of aliphatic hydroxyl groups excluding tert-OH is 1. The van der Waals surface area contributed by atoms with Crippen molar-refractivity contribution in [1.29, 1.82) is 0 Å². The molecule has 19 heavy (non-hydrogen) atoms. The van der Waals surface area contributed by atoms with Crippen LogP contribution in [0.1, 0.15) is 44.6 Å². The van der Waals surface area contributed by atoms with Crippen LogP contribution in [0.15, 0.2) is 30.3 Å². The molecule has 0 aromatic heterocycles. The lowest BCUT2D eigenvalue weighted by Crippen LogP contribution is -2.41. The minimum absolute atomic E-state index is 0.167. The van der Waals surface area contributed by atoms with E-state index in [9.17, 15) is 5.11 Å². The minimum Gasteiger partial charge on any atom is -0.393 e. The van der Waals surface area contributed by atoms with Crippen LogP contribution in [0.25, 0.3) is 0 Å². The zero-order valence-corrected chi connectivity index (χ0v) is 12.1. The predicted molar refractivity (Wildman–Crippen MR) is 80.3 cm³/mol. The molecule has 0 radical (unpaired) electrons. The normalized spacial score (nSPS) is 22.3. The third-order valence-corrected chi connectivity index (χ3v) is 4.12. The summed E-state index contributed by atoms with van der Waals surface area (Å²) < 4.78 is 0. The summed E-state index contributed by atoms with van der Waals surface area (Å²) in [5.41, 5.74) is 1.44. The van der Waals surface area contributed by atoms with E-state index in [1.807, 2.05) is 6.92 Å². The number of hydrogen-bond acceptors (Lipinski definition) is 2. The van der Waals surface area contributed by atoms with Crippen molar-refractivity contribution in [1.82, 2.24) is 4.90 Å². The number of aliphatic hydroxyl groups is 1. The zero-order chi connectivity index (χ0) is 13.5. The summed E-state index contributed by atoms with van der Waals surface area (Å²) in [5.74, 6) is 0. The first-order valence-electron chi connectivity index (χ1n) is 7.72. The van der Waals surface area contributed by atoms with Gasteiger partial charge in [-0.2, -0.15) is 0 Å².